The first-order chi connectivity index (χ1) is 27.5. The maximum atomic E-state index is 13.9. The Labute approximate surface area is 337 Å². The molecule has 3 aromatic carbocycles. The van der Waals surface area contributed by atoms with Crippen LogP contribution in [-0.2, 0) is 14.3 Å². The van der Waals surface area contributed by atoms with Crippen molar-refractivity contribution < 1.29 is 38.8 Å². The minimum absolute atomic E-state index is 0.0858. The SMILES string of the molecule is C=CCCOC(=O)N(C)C1CC(=NOC(C)(C)C)C2=CC(CCCCO)C(CCCCO)C3c4cc(Oc5ccc6ccccc6c5)ccc4OC1(OCC=C)C23. The summed E-state index contributed by atoms with van der Waals surface area (Å²) in [7, 11) is 1.73. The monoisotopic (exact) mass is 780 g/mol. The summed E-state index contributed by atoms with van der Waals surface area (Å²) in [5, 5.41) is 26.8. The molecule has 3 aliphatic rings. The smallest absolute Gasteiger partial charge is 0.409 e. The molecule has 6 rings (SSSR count). The predicted octanol–water partition coefficient (Wildman–Crippen LogP) is 9.71. The lowest BCUT2D eigenvalue weighted by molar-refractivity contribution is -0.253. The van der Waals surface area contributed by atoms with E-state index in [1.807, 2.05) is 57.2 Å². The summed E-state index contributed by atoms with van der Waals surface area (Å²) < 4.78 is 26.5. The van der Waals surface area contributed by atoms with Gasteiger partial charge in [-0.3, -0.25) is 0 Å². The van der Waals surface area contributed by atoms with Crippen molar-refractivity contribution in [1.29, 1.82) is 0 Å². The summed E-state index contributed by atoms with van der Waals surface area (Å²) in [5.41, 5.74) is 2.11. The number of benzene rings is 3. The number of allylic oxidation sites excluding steroid dienone is 1. The molecule has 2 aliphatic carbocycles. The lowest BCUT2D eigenvalue weighted by atomic mass is 9.55. The van der Waals surface area contributed by atoms with Crippen LogP contribution in [0.15, 0.2) is 103 Å². The molecule has 57 heavy (non-hydrogen) atoms. The van der Waals surface area contributed by atoms with E-state index in [0.717, 1.165) is 59.1 Å². The van der Waals surface area contributed by atoms with E-state index in [4.69, 9.17) is 28.9 Å². The van der Waals surface area contributed by atoms with Gasteiger partial charge >= 0.3 is 6.09 Å². The Bertz CT molecular complexity index is 1930. The van der Waals surface area contributed by atoms with Gasteiger partial charge in [0.25, 0.3) is 0 Å². The fourth-order valence-electron chi connectivity index (χ4n) is 8.81. The lowest BCUT2D eigenvalue weighted by Gasteiger charge is -2.59. The van der Waals surface area contributed by atoms with Crippen LogP contribution >= 0.6 is 0 Å². The third-order valence-electron chi connectivity index (χ3n) is 11.3. The average molecular weight is 781 g/mol. The Morgan fingerprint density at radius 1 is 0.965 bits per heavy atom. The van der Waals surface area contributed by atoms with Crippen LogP contribution in [0.2, 0.25) is 0 Å². The Balaban J connectivity index is 1.55. The van der Waals surface area contributed by atoms with E-state index in [1.165, 1.54) is 0 Å². The average Bonchev–Trinajstić information content (AvgIpc) is 3.20. The van der Waals surface area contributed by atoms with Crippen LogP contribution in [0, 0.1) is 17.8 Å². The van der Waals surface area contributed by atoms with Gasteiger partial charge in [0.1, 0.15) is 28.9 Å². The van der Waals surface area contributed by atoms with Gasteiger partial charge in [-0.15, -0.1) is 13.2 Å². The van der Waals surface area contributed by atoms with Crippen molar-refractivity contribution in [3.63, 3.8) is 0 Å². The number of likely N-dealkylation sites (N-methyl/N-ethyl adjacent to an activating group) is 1. The number of carbonyl (C=O) groups excluding carboxylic acids is 1. The molecule has 0 spiro atoms. The number of hydrogen-bond acceptors (Lipinski definition) is 9. The van der Waals surface area contributed by atoms with Crippen LogP contribution in [0.4, 0.5) is 4.79 Å². The van der Waals surface area contributed by atoms with Gasteiger partial charge in [-0.1, -0.05) is 66.6 Å². The number of oxime groups is 1. The molecule has 2 N–H and O–H groups in total. The summed E-state index contributed by atoms with van der Waals surface area (Å²) in [6.07, 6.45) is 10.8. The van der Waals surface area contributed by atoms with Crippen molar-refractivity contribution in [2.75, 3.05) is 33.5 Å². The Hall–Kier alpha value is -4.64. The molecule has 0 radical (unpaired) electrons. The summed E-state index contributed by atoms with van der Waals surface area (Å²) >= 11 is 0. The number of amides is 1. The summed E-state index contributed by atoms with van der Waals surface area (Å²) in [5.74, 6) is 0.273. The van der Waals surface area contributed by atoms with Gasteiger partial charge in [-0.25, -0.2) is 4.79 Å². The Kier molecular flexibility index (Phi) is 13.8. The number of carbonyl (C=O) groups is 1. The van der Waals surface area contributed by atoms with E-state index in [2.05, 4.69) is 43.5 Å². The largest absolute Gasteiger partial charge is 0.459 e. The number of nitrogens with zero attached hydrogens (tertiary/aromatic N) is 2. The fraction of sp³-hybridized carbons (Fsp3) is 0.489. The van der Waals surface area contributed by atoms with Gasteiger partial charge in [0.2, 0.25) is 5.79 Å². The first kappa shape index (κ1) is 42.0. The second kappa shape index (κ2) is 18.7. The predicted molar refractivity (Wildman–Crippen MR) is 224 cm³/mol. The molecule has 3 aromatic rings. The van der Waals surface area contributed by atoms with Crippen LogP contribution in [0.5, 0.6) is 17.2 Å². The van der Waals surface area contributed by atoms with Crippen molar-refractivity contribution in [2.24, 2.45) is 22.9 Å². The van der Waals surface area contributed by atoms with Crippen molar-refractivity contribution in [3.8, 4) is 17.2 Å². The van der Waals surface area contributed by atoms with E-state index < -0.39 is 29.4 Å². The molecule has 1 saturated carbocycles. The lowest BCUT2D eigenvalue weighted by Crippen LogP contribution is -2.69. The minimum atomic E-state index is -1.36. The maximum Gasteiger partial charge on any atom is 0.409 e. The highest BCUT2D eigenvalue weighted by atomic mass is 16.7. The van der Waals surface area contributed by atoms with Crippen LogP contribution in [-0.4, -0.2) is 77.8 Å². The number of rotatable bonds is 18. The van der Waals surface area contributed by atoms with Crippen molar-refractivity contribution in [2.45, 2.75) is 95.5 Å². The zero-order valence-electron chi connectivity index (χ0n) is 34.0. The quantitative estimate of drug-likeness (QED) is 0.0745. The number of ether oxygens (including phenoxy) is 4. The third kappa shape index (κ3) is 9.40. The molecule has 0 aromatic heterocycles. The first-order valence-corrected chi connectivity index (χ1v) is 20.5. The molecule has 6 unspecified atom stereocenters. The summed E-state index contributed by atoms with van der Waals surface area (Å²) in [6.45, 7) is 14.2. The van der Waals surface area contributed by atoms with Crippen molar-refractivity contribution >= 4 is 22.6 Å². The molecule has 0 saturated heterocycles. The molecule has 10 nitrogen and oxygen atoms in total. The van der Waals surface area contributed by atoms with Crippen LogP contribution < -0.4 is 9.47 Å². The van der Waals surface area contributed by atoms with Crippen LogP contribution in [0.25, 0.3) is 10.8 Å². The van der Waals surface area contributed by atoms with Gasteiger partial charge in [0, 0.05) is 38.2 Å². The highest BCUT2D eigenvalue weighted by Crippen LogP contribution is 2.62. The molecule has 6 atom stereocenters. The number of aliphatic hydroxyl groups is 2. The summed E-state index contributed by atoms with van der Waals surface area (Å²) in [6, 6.07) is 19.6. The molecular weight excluding hydrogens is 721 g/mol. The van der Waals surface area contributed by atoms with Crippen LogP contribution in [0.1, 0.15) is 83.6 Å². The fourth-order valence-corrected chi connectivity index (χ4v) is 8.81. The van der Waals surface area contributed by atoms with Crippen molar-refractivity contribution in [3.05, 3.63) is 103 Å². The molecular formula is C47H60N2O8. The van der Waals surface area contributed by atoms with Gasteiger partial charge in [-0.05, 0) is 111 Å². The van der Waals surface area contributed by atoms with Gasteiger partial charge in [0.05, 0.1) is 24.8 Å². The van der Waals surface area contributed by atoms with Crippen LogP contribution in [0.3, 0.4) is 0 Å². The van der Waals surface area contributed by atoms with E-state index >= 15 is 0 Å². The molecule has 306 valence electrons. The van der Waals surface area contributed by atoms with Gasteiger partial charge < -0.3 is 38.9 Å². The maximum absolute atomic E-state index is 13.9. The molecule has 0 bridgehead atoms. The second-order valence-electron chi connectivity index (χ2n) is 16.4. The minimum Gasteiger partial charge on any atom is -0.459 e. The standard InChI is InChI=1S/C47H60N2O8/c1-7-9-27-53-45(52)49(6)42-31-40(48-57-46(3,4)5)38-29-34(18-12-14-24-50)37(19-13-15-25-51)43-39-30-36(55-35-21-20-32-16-10-11-17-33(32)28-35)22-23-41(39)56-47(42,44(38)43)54-26-8-2/h7-8,10-11,16-17,20-23,28-30,34,37,42-44,50-51H,1-2,9,12-15,18-19,24-27,31H2,3-6H3. The first-order valence-electron chi connectivity index (χ1n) is 20.5. The van der Waals surface area contributed by atoms with Gasteiger partial charge in [-0.2, -0.15) is 0 Å². The van der Waals surface area contributed by atoms with E-state index in [9.17, 15) is 15.0 Å². The Morgan fingerprint density at radius 3 is 2.40 bits per heavy atom. The van der Waals surface area contributed by atoms with Crippen molar-refractivity contribution in [1.82, 2.24) is 4.90 Å². The zero-order chi connectivity index (χ0) is 40.6. The Morgan fingerprint density at radius 2 is 1.68 bits per heavy atom. The normalized spacial score (nSPS) is 24.4. The number of fused-ring (bicyclic) bond motifs is 3. The molecule has 1 fully saturated rings. The molecule has 1 heterocycles. The van der Waals surface area contributed by atoms with E-state index in [1.54, 1.807) is 24.1 Å². The van der Waals surface area contributed by atoms with E-state index in [-0.39, 0.29) is 50.6 Å². The summed E-state index contributed by atoms with van der Waals surface area (Å²) in [4.78, 5) is 21.6. The molecule has 1 aliphatic heterocycles. The second-order valence-corrected chi connectivity index (χ2v) is 16.4. The van der Waals surface area contributed by atoms with E-state index in [0.29, 0.717) is 30.8 Å². The topological polar surface area (TPSA) is 119 Å². The number of aliphatic hydroxyl groups excluding tert-OH is 2. The zero-order valence-corrected chi connectivity index (χ0v) is 34.0. The molecule has 1 amide bonds. The number of unbranched alkanes of at least 4 members (excludes halogenated alkanes) is 2. The molecule has 10 heteroatoms. The highest BCUT2D eigenvalue weighted by molar-refractivity contribution is 6.03. The third-order valence-corrected chi connectivity index (χ3v) is 11.3. The number of hydrogen-bond donors (Lipinski definition) is 2. The van der Waals surface area contributed by atoms with Gasteiger partial charge in [0.15, 0.2) is 0 Å². The highest BCUT2D eigenvalue weighted by Gasteiger charge is 2.65.